The zero-order valence-corrected chi connectivity index (χ0v) is 16.7. The van der Waals surface area contributed by atoms with Crippen molar-refractivity contribution in [3.63, 3.8) is 0 Å². The highest BCUT2D eigenvalue weighted by Gasteiger charge is 2.15. The van der Waals surface area contributed by atoms with Crippen LogP contribution >= 0.6 is 11.3 Å². The van der Waals surface area contributed by atoms with Crippen LogP contribution in [-0.2, 0) is 11.2 Å². The quantitative estimate of drug-likeness (QED) is 0.551. The van der Waals surface area contributed by atoms with Gasteiger partial charge in [0.15, 0.2) is 5.13 Å². The number of rotatable bonds is 5. The van der Waals surface area contributed by atoms with Crippen molar-refractivity contribution >= 4 is 28.0 Å². The zero-order valence-electron chi connectivity index (χ0n) is 15.9. The van der Waals surface area contributed by atoms with Crippen molar-refractivity contribution in [1.82, 2.24) is 14.4 Å². The van der Waals surface area contributed by atoms with Crippen LogP contribution in [0.15, 0.2) is 48.0 Å². The minimum absolute atomic E-state index is 0.109. The number of pyridine rings is 1. The Hall–Kier alpha value is -3.19. The fourth-order valence-corrected chi connectivity index (χ4v) is 3.86. The summed E-state index contributed by atoms with van der Waals surface area (Å²) in [5.74, 6) is 0.688. The average molecular weight is 392 g/mol. The van der Waals surface area contributed by atoms with E-state index in [1.807, 2.05) is 66.2 Å². The molecule has 4 rings (SSSR count). The van der Waals surface area contributed by atoms with Gasteiger partial charge in [0.25, 0.3) is 0 Å². The topological polar surface area (TPSA) is 68.5 Å². The number of imidazole rings is 1. The van der Waals surface area contributed by atoms with Crippen molar-refractivity contribution < 1.29 is 9.53 Å². The molecule has 0 aliphatic carbocycles. The maximum atomic E-state index is 12.6. The number of thiazole rings is 1. The summed E-state index contributed by atoms with van der Waals surface area (Å²) >= 11 is 1.41. The largest absolute Gasteiger partial charge is 0.497 e. The van der Waals surface area contributed by atoms with Crippen molar-refractivity contribution in [3.05, 3.63) is 64.9 Å². The van der Waals surface area contributed by atoms with Gasteiger partial charge in [-0.05, 0) is 49.7 Å². The van der Waals surface area contributed by atoms with E-state index in [0.29, 0.717) is 5.13 Å². The summed E-state index contributed by atoms with van der Waals surface area (Å²) in [7, 11) is 1.64. The third kappa shape index (κ3) is 3.48. The summed E-state index contributed by atoms with van der Waals surface area (Å²) < 4.78 is 7.16. The Morgan fingerprint density at radius 2 is 1.96 bits per heavy atom. The van der Waals surface area contributed by atoms with Gasteiger partial charge in [-0.2, -0.15) is 0 Å². The smallest absolute Gasteiger partial charge is 0.232 e. The molecule has 0 spiro atoms. The molecule has 0 aliphatic rings. The number of nitrogens with zero attached hydrogens (tertiary/aromatic N) is 3. The number of methoxy groups -OCH3 is 1. The number of benzene rings is 1. The number of aryl methyl sites for hydroxylation is 2. The van der Waals surface area contributed by atoms with Crippen LogP contribution in [0.25, 0.3) is 16.9 Å². The molecule has 3 aromatic heterocycles. The lowest BCUT2D eigenvalue weighted by Crippen LogP contribution is -2.16. The fourth-order valence-electron chi connectivity index (χ4n) is 3.12. The summed E-state index contributed by atoms with van der Waals surface area (Å²) in [6.07, 6.45) is 2.18. The summed E-state index contributed by atoms with van der Waals surface area (Å²) in [5.41, 5.74) is 5.53. The molecule has 0 fully saturated rings. The molecule has 6 nitrogen and oxygen atoms in total. The van der Waals surface area contributed by atoms with Crippen molar-refractivity contribution in [2.45, 2.75) is 20.3 Å². The molecular formula is C21H20N4O2S. The number of nitrogens with one attached hydrogen (secondary N) is 1. The van der Waals surface area contributed by atoms with Crippen molar-refractivity contribution in [2.24, 2.45) is 0 Å². The van der Waals surface area contributed by atoms with Crippen LogP contribution in [0, 0.1) is 13.8 Å². The van der Waals surface area contributed by atoms with Crippen LogP contribution in [0.3, 0.4) is 0 Å². The number of amides is 1. The number of hydrogen-bond donors (Lipinski definition) is 1. The predicted molar refractivity (Wildman–Crippen MR) is 111 cm³/mol. The van der Waals surface area contributed by atoms with Gasteiger partial charge in [-0.25, -0.2) is 9.97 Å². The van der Waals surface area contributed by atoms with Crippen LogP contribution in [0.1, 0.15) is 17.0 Å². The Morgan fingerprint density at radius 1 is 1.18 bits per heavy atom. The van der Waals surface area contributed by atoms with Gasteiger partial charge in [-0.1, -0.05) is 6.07 Å². The summed E-state index contributed by atoms with van der Waals surface area (Å²) in [4.78, 5) is 21.7. The van der Waals surface area contributed by atoms with Gasteiger partial charge in [-0.15, -0.1) is 11.3 Å². The molecule has 3 heterocycles. The first-order chi connectivity index (χ1) is 13.5. The minimum atomic E-state index is -0.109. The van der Waals surface area contributed by atoms with E-state index in [-0.39, 0.29) is 12.3 Å². The molecule has 28 heavy (non-hydrogen) atoms. The highest BCUT2D eigenvalue weighted by atomic mass is 32.1. The molecule has 0 saturated heterocycles. The van der Waals surface area contributed by atoms with E-state index in [4.69, 9.17) is 4.74 Å². The molecule has 7 heteroatoms. The molecule has 0 bridgehead atoms. The number of fused-ring (bicyclic) bond motifs is 1. The molecule has 0 unspecified atom stereocenters. The SMILES string of the molecule is COc1ccc(-c2csc(NC(=O)Cc3c(C)nc4c(C)cccn34)n2)cc1. The second-order valence-electron chi connectivity index (χ2n) is 6.52. The van der Waals surface area contributed by atoms with Gasteiger partial charge >= 0.3 is 0 Å². The molecule has 0 atom stereocenters. The van der Waals surface area contributed by atoms with E-state index in [1.54, 1.807) is 7.11 Å². The van der Waals surface area contributed by atoms with Crippen LogP contribution in [0.4, 0.5) is 5.13 Å². The van der Waals surface area contributed by atoms with Crippen molar-refractivity contribution in [1.29, 1.82) is 0 Å². The maximum absolute atomic E-state index is 12.6. The standard InChI is InChI=1S/C21H20N4O2S/c1-13-5-4-10-25-18(14(2)22-20(13)25)11-19(26)24-21-23-17(12-28-21)15-6-8-16(27-3)9-7-15/h4-10,12H,11H2,1-3H3,(H,23,24,26). The molecule has 4 aromatic rings. The highest BCUT2D eigenvalue weighted by molar-refractivity contribution is 7.14. The Labute approximate surface area is 166 Å². The molecule has 142 valence electrons. The zero-order chi connectivity index (χ0) is 19.7. The van der Waals surface area contributed by atoms with Crippen LogP contribution in [0.2, 0.25) is 0 Å². The second-order valence-corrected chi connectivity index (χ2v) is 7.38. The Kier molecular flexibility index (Phi) is 4.83. The maximum Gasteiger partial charge on any atom is 0.232 e. The molecule has 1 N–H and O–H groups in total. The van der Waals surface area contributed by atoms with E-state index < -0.39 is 0 Å². The van der Waals surface area contributed by atoms with Gasteiger partial charge < -0.3 is 14.5 Å². The van der Waals surface area contributed by atoms with Gasteiger partial charge in [-0.3, -0.25) is 4.79 Å². The first kappa shape index (κ1) is 18.2. The van der Waals surface area contributed by atoms with E-state index in [1.165, 1.54) is 11.3 Å². The number of anilines is 1. The Balaban J connectivity index is 1.50. The lowest BCUT2D eigenvalue weighted by molar-refractivity contribution is -0.115. The Bertz CT molecular complexity index is 1150. The third-order valence-electron chi connectivity index (χ3n) is 4.61. The number of hydrogen-bond acceptors (Lipinski definition) is 5. The molecule has 0 saturated carbocycles. The van der Waals surface area contributed by atoms with E-state index in [2.05, 4.69) is 15.3 Å². The first-order valence-corrected chi connectivity index (χ1v) is 9.76. The van der Waals surface area contributed by atoms with Gasteiger partial charge in [0.1, 0.15) is 11.4 Å². The molecule has 0 radical (unpaired) electrons. The minimum Gasteiger partial charge on any atom is -0.497 e. The lowest BCUT2D eigenvalue weighted by atomic mass is 10.2. The number of carbonyl (C=O) groups excluding carboxylic acids is 1. The molecule has 1 amide bonds. The number of ether oxygens (including phenoxy) is 1. The van der Waals surface area contributed by atoms with Crippen LogP contribution < -0.4 is 10.1 Å². The molecule has 0 aliphatic heterocycles. The second kappa shape index (κ2) is 7.44. The van der Waals surface area contributed by atoms with E-state index in [9.17, 15) is 4.79 Å². The van der Waals surface area contributed by atoms with Gasteiger partial charge in [0, 0.05) is 17.1 Å². The first-order valence-electron chi connectivity index (χ1n) is 8.88. The Morgan fingerprint density at radius 3 is 2.71 bits per heavy atom. The van der Waals surface area contributed by atoms with Crippen LogP contribution in [-0.4, -0.2) is 27.4 Å². The summed E-state index contributed by atoms with van der Waals surface area (Å²) in [6, 6.07) is 11.7. The third-order valence-corrected chi connectivity index (χ3v) is 5.37. The van der Waals surface area contributed by atoms with Gasteiger partial charge in [0.05, 0.1) is 30.6 Å². The number of carbonyl (C=O) groups is 1. The van der Waals surface area contributed by atoms with Crippen molar-refractivity contribution in [3.8, 4) is 17.0 Å². The average Bonchev–Trinajstić information content (AvgIpc) is 3.28. The van der Waals surface area contributed by atoms with E-state index in [0.717, 1.165) is 39.6 Å². The summed E-state index contributed by atoms with van der Waals surface area (Å²) in [6.45, 7) is 3.95. The van der Waals surface area contributed by atoms with Crippen LogP contribution in [0.5, 0.6) is 5.75 Å². The van der Waals surface area contributed by atoms with Crippen molar-refractivity contribution in [2.75, 3.05) is 12.4 Å². The summed E-state index contributed by atoms with van der Waals surface area (Å²) in [5, 5.41) is 5.41. The highest BCUT2D eigenvalue weighted by Crippen LogP contribution is 2.26. The van der Waals surface area contributed by atoms with Gasteiger partial charge in [0.2, 0.25) is 5.91 Å². The number of aromatic nitrogens is 3. The monoisotopic (exact) mass is 392 g/mol. The lowest BCUT2D eigenvalue weighted by Gasteiger charge is -2.04. The fraction of sp³-hybridized carbons (Fsp3) is 0.190. The van der Waals surface area contributed by atoms with E-state index >= 15 is 0 Å². The normalized spacial score (nSPS) is 11.0. The molecular weight excluding hydrogens is 372 g/mol. The molecule has 1 aromatic carbocycles. The predicted octanol–water partition coefficient (Wildman–Crippen LogP) is 4.26.